The van der Waals surface area contributed by atoms with Crippen molar-refractivity contribution in [1.82, 2.24) is 4.90 Å². The molecule has 0 saturated heterocycles. The largest absolute Gasteiger partial charge is 0.493 e. The predicted octanol–water partition coefficient (Wildman–Crippen LogP) is 5.09. The van der Waals surface area contributed by atoms with Crippen LogP contribution < -0.4 is 14.8 Å². The van der Waals surface area contributed by atoms with Gasteiger partial charge in [0.1, 0.15) is 6.61 Å². The van der Waals surface area contributed by atoms with Crippen molar-refractivity contribution in [3.8, 4) is 11.5 Å². The van der Waals surface area contributed by atoms with Crippen LogP contribution >= 0.6 is 0 Å². The molecule has 3 aromatic carbocycles. The Morgan fingerprint density at radius 2 is 1.62 bits per heavy atom. The second-order valence-corrected chi connectivity index (χ2v) is 7.55. The Kier molecular flexibility index (Phi) is 6.01. The lowest BCUT2D eigenvalue weighted by atomic mass is 10.1. The van der Waals surface area contributed by atoms with Crippen molar-refractivity contribution in [3.05, 3.63) is 89.5 Å². The average Bonchev–Trinajstić information content (AvgIpc) is 2.91. The van der Waals surface area contributed by atoms with Crippen LogP contribution in [0.1, 0.15) is 23.6 Å². The van der Waals surface area contributed by atoms with E-state index in [0.29, 0.717) is 12.6 Å². The second kappa shape index (κ2) is 9.01. The second-order valence-electron chi connectivity index (χ2n) is 7.55. The molecule has 1 aliphatic heterocycles. The summed E-state index contributed by atoms with van der Waals surface area (Å²) in [7, 11) is 1.70. The molecule has 4 rings (SSSR count). The van der Waals surface area contributed by atoms with E-state index in [-0.39, 0.29) is 0 Å². The quantitative estimate of drug-likeness (QED) is 0.638. The van der Waals surface area contributed by atoms with Gasteiger partial charge in [0.25, 0.3) is 0 Å². The van der Waals surface area contributed by atoms with Gasteiger partial charge in [-0.3, -0.25) is 4.90 Å². The fourth-order valence-electron chi connectivity index (χ4n) is 3.70. The Balaban J connectivity index is 1.54. The third-order valence-electron chi connectivity index (χ3n) is 5.44. The number of methoxy groups -OCH3 is 1. The lowest BCUT2D eigenvalue weighted by Crippen LogP contribution is -2.34. The minimum atomic E-state index is 0.419. The number of nitrogens with one attached hydrogen (secondary N) is 1. The van der Waals surface area contributed by atoms with Crippen molar-refractivity contribution >= 4 is 5.69 Å². The molecule has 0 fully saturated rings. The maximum atomic E-state index is 6.09. The number of anilines is 1. The molecular formula is C25H28N2O2. The minimum absolute atomic E-state index is 0.419. The van der Waals surface area contributed by atoms with Crippen LogP contribution in [0.15, 0.2) is 72.8 Å². The highest BCUT2D eigenvalue weighted by Crippen LogP contribution is 2.36. The summed E-state index contributed by atoms with van der Waals surface area (Å²) in [6.07, 6.45) is 0. The smallest absolute Gasteiger partial charge is 0.163 e. The van der Waals surface area contributed by atoms with E-state index in [1.807, 2.05) is 18.2 Å². The SMILES string of the molecule is COc1cc2c(cc1OCc1ccccc1)NC[C@H](C)N(Cc1ccccc1)C2. The third-order valence-corrected chi connectivity index (χ3v) is 5.44. The molecular weight excluding hydrogens is 360 g/mol. The van der Waals surface area contributed by atoms with Crippen LogP contribution in [-0.4, -0.2) is 24.6 Å². The molecule has 0 aromatic heterocycles. The van der Waals surface area contributed by atoms with Crippen LogP contribution in [0.4, 0.5) is 5.69 Å². The molecule has 1 heterocycles. The monoisotopic (exact) mass is 388 g/mol. The number of ether oxygens (including phenoxy) is 2. The summed E-state index contributed by atoms with van der Waals surface area (Å²) in [6.45, 7) is 5.48. The van der Waals surface area contributed by atoms with E-state index in [4.69, 9.17) is 9.47 Å². The van der Waals surface area contributed by atoms with Crippen molar-refractivity contribution in [2.24, 2.45) is 0 Å². The molecule has 4 nitrogen and oxygen atoms in total. The normalized spacial score (nSPS) is 16.4. The van der Waals surface area contributed by atoms with E-state index in [0.717, 1.165) is 42.4 Å². The highest BCUT2D eigenvalue weighted by atomic mass is 16.5. The number of hydrogen-bond acceptors (Lipinski definition) is 4. The molecule has 4 heteroatoms. The van der Waals surface area contributed by atoms with Crippen molar-refractivity contribution in [2.45, 2.75) is 32.7 Å². The maximum absolute atomic E-state index is 6.09. The van der Waals surface area contributed by atoms with Crippen molar-refractivity contribution < 1.29 is 9.47 Å². The molecule has 0 bridgehead atoms. The molecule has 1 atom stereocenters. The van der Waals surface area contributed by atoms with E-state index in [2.05, 4.69) is 71.7 Å². The van der Waals surface area contributed by atoms with Gasteiger partial charge in [-0.15, -0.1) is 0 Å². The Bertz CT molecular complexity index is 928. The molecule has 1 aliphatic rings. The number of nitrogens with zero attached hydrogens (tertiary/aromatic N) is 1. The van der Waals surface area contributed by atoms with Crippen LogP contribution in [0.3, 0.4) is 0 Å². The van der Waals surface area contributed by atoms with Gasteiger partial charge in [0.05, 0.1) is 7.11 Å². The van der Waals surface area contributed by atoms with Crippen LogP contribution in [0.5, 0.6) is 11.5 Å². The predicted molar refractivity (Wildman–Crippen MR) is 117 cm³/mol. The van der Waals surface area contributed by atoms with Gasteiger partial charge < -0.3 is 14.8 Å². The molecule has 0 aliphatic carbocycles. The highest BCUT2D eigenvalue weighted by Gasteiger charge is 2.22. The van der Waals surface area contributed by atoms with Gasteiger partial charge in [0, 0.05) is 37.4 Å². The minimum Gasteiger partial charge on any atom is -0.493 e. The molecule has 29 heavy (non-hydrogen) atoms. The van der Waals surface area contributed by atoms with Gasteiger partial charge in [0.2, 0.25) is 0 Å². The summed E-state index contributed by atoms with van der Waals surface area (Å²) >= 11 is 0. The van der Waals surface area contributed by atoms with Gasteiger partial charge in [-0.05, 0) is 29.7 Å². The topological polar surface area (TPSA) is 33.7 Å². The summed E-state index contributed by atoms with van der Waals surface area (Å²) in [5.41, 5.74) is 4.82. The van der Waals surface area contributed by atoms with Crippen molar-refractivity contribution in [1.29, 1.82) is 0 Å². The Labute approximate surface area is 173 Å². The first-order valence-electron chi connectivity index (χ1n) is 10.1. The number of benzene rings is 3. The summed E-state index contributed by atoms with van der Waals surface area (Å²) in [5, 5.41) is 3.60. The molecule has 1 N–H and O–H groups in total. The van der Waals surface area contributed by atoms with E-state index >= 15 is 0 Å². The van der Waals surface area contributed by atoms with Crippen LogP contribution in [-0.2, 0) is 19.7 Å². The molecule has 0 saturated carbocycles. The first-order valence-corrected chi connectivity index (χ1v) is 10.1. The number of rotatable bonds is 6. The number of hydrogen-bond donors (Lipinski definition) is 1. The molecule has 0 spiro atoms. The lowest BCUT2D eigenvalue weighted by Gasteiger charge is -2.26. The fourth-order valence-corrected chi connectivity index (χ4v) is 3.70. The van der Waals surface area contributed by atoms with Gasteiger partial charge >= 0.3 is 0 Å². The van der Waals surface area contributed by atoms with Gasteiger partial charge in [-0.25, -0.2) is 0 Å². The van der Waals surface area contributed by atoms with Gasteiger partial charge in [-0.2, -0.15) is 0 Å². The molecule has 0 unspecified atom stereocenters. The summed E-state index contributed by atoms with van der Waals surface area (Å²) in [4.78, 5) is 2.50. The zero-order valence-electron chi connectivity index (χ0n) is 17.1. The zero-order valence-corrected chi connectivity index (χ0v) is 17.1. The van der Waals surface area contributed by atoms with E-state index in [1.165, 1.54) is 11.1 Å². The van der Waals surface area contributed by atoms with E-state index < -0.39 is 0 Å². The molecule has 0 amide bonds. The summed E-state index contributed by atoms with van der Waals surface area (Å²) < 4.78 is 11.7. The van der Waals surface area contributed by atoms with E-state index in [1.54, 1.807) is 7.11 Å². The first kappa shape index (κ1) is 19.3. The Morgan fingerprint density at radius 3 is 2.31 bits per heavy atom. The third kappa shape index (κ3) is 4.72. The fraction of sp³-hybridized carbons (Fsp3) is 0.280. The van der Waals surface area contributed by atoms with Crippen molar-refractivity contribution in [3.63, 3.8) is 0 Å². The standard InChI is InChI=1S/C25H28N2O2/c1-19-15-26-23-14-25(29-18-21-11-7-4-8-12-21)24(28-2)13-22(23)17-27(19)16-20-9-5-3-6-10-20/h3-14,19,26H,15-18H2,1-2H3/t19-/m0/s1. The summed E-state index contributed by atoms with van der Waals surface area (Å²) in [5.74, 6) is 1.54. The lowest BCUT2D eigenvalue weighted by molar-refractivity contribution is 0.203. The maximum Gasteiger partial charge on any atom is 0.163 e. The van der Waals surface area contributed by atoms with Crippen molar-refractivity contribution in [2.75, 3.05) is 19.0 Å². The van der Waals surface area contributed by atoms with Crippen LogP contribution in [0.2, 0.25) is 0 Å². The molecule has 3 aromatic rings. The molecule has 150 valence electrons. The van der Waals surface area contributed by atoms with Crippen LogP contribution in [0.25, 0.3) is 0 Å². The number of fused-ring (bicyclic) bond motifs is 1. The Morgan fingerprint density at radius 1 is 0.931 bits per heavy atom. The highest BCUT2D eigenvalue weighted by molar-refractivity contribution is 5.61. The Hall–Kier alpha value is -2.98. The van der Waals surface area contributed by atoms with E-state index in [9.17, 15) is 0 Å². The van der Waals surface area contributed by atoms with Gasteiger partial charge in [0.15, 0.2) is 11.5 Å². The average molecular weight is 389 g/mol. The van der Waals surface area contributed by atoms with Gasteiger partial charge in [-0.1, -0.05) is 60.7 Å². The van der Waals surface area contributed by atoms with Crippen LogP contribution in [0, 0.1) is 0 Å². The summed E-state index contributed by atoms with van der Waals surface area (Å²) in [6, 6.07) is 25.4. The molecule has 0 radical (unpaired) electrons. The zero-order chi connectivity index (χ0) is 20.1. The first-order chi connectivity index (χ1) is 14.2.